The number of hydrogen-bond donors (Lipinski definition) is 0. The van der Waals surface area contributed by atoms with Crippen molar-refractivity contribution in [2.75, 3.05) is 13.1 Å². The quantitative estimate of drug-likeness (QED) is 0.830. The highest BCUT2D eigenvalue weighted by atomic mass is 35.5. The number of piperidine rings is 1. The molecule has 0 radical (unpaired) electrons. The van der Waals surface area contributed by atoms with E-state index >= 15 is 0 Å². The Bertz CT molecular complexity index is 508. The maximum atomic E-state index is 8.86. The van der Waals surface area contributed by atoms with E-state index < -0.39 is 0 Å². The van der Waals surface area contributed by atoms with Gasteiger partial charge in [-0.15, -0.1) is 0 Å². The summed E-state index contributed by atoms with van der Waals surface area (Å²) in [5.74, 6) is 0.753. The van der Waals surface area contributed by atoms with Gasteiger partial charge in [-0.25, -0.2) is 0 Å². The fourth-order valence-electron chi connectivity index (χ4n) is 2.50. The first kappa shape index (κ1) is 15.2. The number of nitrogens with zero attached hydrogens (tertiary/aromatic N) is 2. The van der Waals surface area contributed by atoms with E-state index in [0.717, 1.165) is 31.7 Å². The normalized spacial score (nSPS) is 17.8. The summed E-state index contributed by atoms with van der Waals surface area (Å²) in [7, 11) is 0. The summed E-state index contributed by atoms with van der Waals surface area (Å²) in [4.78, 5) is 2.48. The van der Waals surface area contributed by atoms with Gasteiger partial charge in [-0.05, 0) is 45.7 Å². The van der Waals surface area contributed by atoms with Crippen molar-refractivity contribution >= 4 is 11.6 Å². The number of benzene rings is 1. The number of nitriles is 1. The summed E-state index contributed by atoms with van der Waals surface area (Å²) in [6.07, 6.45) is 2.28. The zero-order valence-electron chi connectivity index (χ0n) is 12.3. The molecule has 0 atom stereocenters. The van der Waals surface area contributed by atoms with Gasteiger partial charge in [0.25, 0.3) is 0 Å². The van der Waals surface area contributed by atoms with E-state index in [-0.39, 0.29) is 11.6 Å². The fraction of sp³-hybridized carbons (Fsp3) is 0.562. The SMILES string of the molecule is CC(C)(C)N1CCC(Oc2ccc(C#N)c(Cl)c2)CC1. The Morgan fingerprint density at radius 1 is 1.30 bits per heavy atom. The van der Waals surface area contributed by atoms with Crippen LogP contribution in [0.25, 0.3) is 0 Å². The van der Waals surface area contributed by atoms with Gasteiger partial charge < -0.3 is 4.74 Å². The van der Waals surface area contributed by atoms with Gasteiger partial charge in [-0.3, -0.25) is 4.90 Å². The molecule has 0 aromatic heterocycles. The van der Waals surface area contributed by atoms with Crippen molar-refractivity contribution in [3.05, 3.63) is 28.8 Å². The lowest BCUT2D eigenvalue weighted by Crippen LogP contribution is -2.48. The Morgan fingerprint density at radius 3 is 2.45 bits per heavy atom. The molecule has 0 N–H and O–H groups in total. The second-order valence-electron chi connectivity index (χ2n) is 6.23. The third-order valence-electron chi connectivity index (χ3n) is 3.75. The molecule has 0 spiro atoms. The van der Waals surface area contributed by atoms with Gasteiger partial charge in [-0.1, -0.05) is 11.6 Å². The van der Waals surface area contributed by atoms with Gasteiger partial charge >= 0.3 is 0 Å². The van der Waals surface area contributed by atoms with Crippen LogP contribution in [0.4, 0.5) is 0 Å². The van der Waals surface area contributed by atoms with Gasteiger partial charge in [0.1, 0.15) is 17.9 Å². The molecule has 0 aliphatic carbocycles. The average Bonchev–Trinajstić information content (AvgIpc) is 2.38. The minimum absolute atomic E-state index is 0.225. The molecular weight excluding hydrogens is 272 g/mol. The van der Waals surface area contributed by atoms with Crippen molar-refractivity contribution in [1.29, 1.82) is 5.26 Å². The van der Waals surface area contributed by atoms with Crippen LogP contribution in [0.1, 0.15) is 39.2 Å². The first-order valence-corrected chi connectivity index (χ1v) is 7.39. The van der Waals surface area contributed by atoms with Crippen molar-refractivity contribution < 1.29 is 4.74 Å². The average molecular weight is 293 g/mol. The molecule has 1 saturated heterocycles. The third kappa shape index (κ3) is 3.65. The molecule has 0 saturated carbocycles. The summed E-state index contributed by atoms with van der Waals surface area (Å²) in [6.45, 7) is 8.84. The van der Waals surface area contributed by atoms with E-state index in [4.69, 9.17) is 21.6 Å². The van der Waals surface area contributed by atoms with Gasteiger partial charge in [0.15, 0.2) is 0 Å². The van der Waals surface area contributed by atoms with Crippen molar-refractivity contribution in [1.82, 2.24) is 4.90 Å². The lowest BCUT2D eigenvalue weighted by molar-refractivity contribution is 0.0491. The zero-order valence-corrected chi connectivity index (χ0v) is 13.1. The van der Waals surface area contributed by atoms with Crippen LogP contribution < -0.4 is 4.74 Å². The number of likely N-dealkylation sites (tertiary alicyclic amines) is 1. The largest absolute Gasteiger partial charge is 0.490 e. The molecule has 4 heteroatoms. The summed E-state index contributed by atoms with van der Waals surface area (Å²) >= 11 is 6.02. The third-order valence-corrected chi connectivity index (χ3v) is 4.07. The van der Waals surface area contributed by atoms with E-state index in [1.165, 1.54) is 0 Å². The maximum absolute atomic E-state index is 8.86. The first-order valence-electron chi connectivity index (χ1n) is 7.01. The number of rotatable bonds is 2. The Hall–Kier alpha value is -1.24. The Morgan fingerprint density at radius 2 is 1.95 bits per heavy atom. The van der Waals surface area contributed by atoms with Crippen LogP contribution in [-0.4, -0.2) is 29.6 Å². The molecular formula is C16H21ClN2O. The molecule has 1 aliphatic heterocycles. The van der Waals surface area contributed by atoms with Gasteiger partial charge in [0.2, 0.25) is 0 Å². The highest BCUT2D eigenvalue weighted by Gasteiger charge is 2.27. The minimum atomic E-state index is 0.225. The van der Waals surface area contributed by atoms with Crippen molar-refractivity contribution in [3.63, 3.8) is 0 Å². The first-order chi connectivity index (χ1) is 9.40. The van der Waals surface area contributed by atoms with Crippen molar-refractivity contribution in [2.24, 2.45) is 0 Å². The molecule has 0 bridgehead atoms. The summed E-state index contributed by atoms with van der Waals surface area (Å²) in [5, 5.41) is 9.31. The fourth-order valence-corrected chi connectivity index (χ4v) is 2.71. The van der Waals surface area contributed by atoms with E-state index in [0.29, 0.717) is 10.6 Å². The summed E-state index contributed by atoms with van der Waals surface area (Å²) in [6, 6.07) is 7.32. The second-order valence-corrected chi connectivity index (χ2v) is 6.64. The summed E-state index contributed by atoms with van der Waals surface area (Å²) in [5.41, 5.74) is 0.712. The minimum Gasteiger partial charge on any atom is -0.490 e. The molecule has 3 nitrogen and oxygen atoms in total. The van der Waals surface area contributed by atoms with Gasteiger partial charge in [-0.2, -0.15) is 5.26 Å². The Balaban J connectivity index is 1.93. The molecule has 2 rings (SSSR count). The standard InChI is InChI=1S/C16H21ClN2O/c1-16(2,3)19-8-6-13(7-9-19)20-14-5-4-12(11-18)15(17)10-14/h4-5,10,13H,6-9H2,1-3H3. The number of ether oxygens (including phenoxy) is 1. The second kappa shape index (κ2) is 6.03. The van der Waals surface area contributed by atoms with Gasteiger partial charge in [0.05, 0.1) is 10.6 Å². The van der Waals surface area contributed by atoms with Crippen molar-refractivity contribution in [3.8, 4) is 11.8 Å². The molecule has 1 heterocycles. The molecule has 108 valence electrons. The van der Waals surface area contributed by atoms with Crippen LogP contribution in [0.3, 0.4) is 0 Å². The van der Waals surface area contributed by atoms with Crippen LogP contribution >= 0.6 is 11.6 Å². The monoisotopic (exact) mass is 292 g/mol. The van der Waals surface area contributed by atoms with Crippen LogP contribution in [-0.2, 0) is 0 Å². The molecule has 0 unspecified atom stereocenters. The van der Waals surface area contributed by atoms with E-state index in [1.54, 1.807) is 12.1 Å². The molecule has 20 heavy (non-hydrogen) atoms. The van der Waals surface area contributed by atoms with E-state index in [2.05, 4.69) is 31.7 Å². The van der Waals surface area contributed by atoms with Crippen molar-refractivity contribution in [2.45, 2.75) is 45.3 Å². The maximum Gasteiger partial charge on any atom is 0.121 e. The number of hydrogen-bond acceptors (Lipinski definition) is 3. The van der Waals surface area contributed by atoms with Gasteiger partial charge in [0, 0.05) is 24.7 Å². The Kier molecular flexibility index (Phi) is 4.57. The topological polar surface area (TPSA) is 36.3 Å². The molecule has 0 amide bonds. The molecule has 1 aromatic carbocycles. The lowest BCUT2D eigenvalue weighted by Gasteiger charge is -2.40. The smallest absolute Gasteiger partial charge is 0.121 e. The predicted octanol–water partition coefficient (Wildman–Crippen LogP) is 3.85. The van der Waals surface area contributed by atoms with Crippen LogP contribution in [0, 0.1) is 11.3 Å². The highest BCUT2D eigenvalue weighted by Crippen LogP contribution is 2.26. The number of halogens is 1. The van der Waals surface area contributed by atoms with Crippen LogP contribution in [0.15, 0.2) is 18.2 Å². The molecule has 1 aliphatic rings. The Labute approximate surface area is 126 Å². The highest BCUT2D eigenvalue weighted by molar-refractivity contribution is 6.31. The molecule has 1 aromatic rings. The van der Waals surface area contributed by atoms with E-state index in [1.807, 2.05) is 6.07 Å². The lowest BCUT2D eigenvalue weighted by atomic mass is 9.99. The predicted molar refractivity (Wildman–Crippen MR) is 81.1 cm³/mol. The van der Waals surface area contributed by atoms with Crippen LogP contribution in [0.5, 0.6) is 5.75 Å². The van der Waals surface area contributed by atoms with E-state index in [9.17, 15) is 0 Å². The zero-order chi connectivity index (χ0) is 14.8. The molecule has 1 fully saturated rings. The summed E-state index contributed by atoms with van der Waals surface area (Å²) < 4.78 is 5.98. The van der Waals surface area contributed by atoms with Crippen LogP contribution in [0.2, 0.25) is 5.02 Å².